The van der Waals surface area contributed by atoms with Crippen LogP contribution in [0.2, 0.25) is 0 Å². The molecule has 2 aliphatic heterocycles. The van der Waals surface area contributed by atoms with E-state index in [9.17, 15) is 13.2 Å². The predicted molar refractivity (Wildman–Crippen MR) is 79.8 cm³/mol. The minimum absolute atomic E-state index is 0.0829. The summed E-state index contributed by atoms with van der Waals surface area (Å²) in [6.45, 7) is 2.14. The molecule has 1 fully saturated rings. The summed E-state index contributed by atoms with van der Waals surface area (Å²) in [5.74, 6) is -0.123. The monoisotopic (exact) mass is 308 g/mol. The van der Waals surface area contributed by atoms with Gasteiger partial charge >= 0.3 is 0 Å². The van der Waals surface area contributed by atoms with Crippen LogP contribution in [0.4, 0.5) is 0 Å². The summed E-state index contributed by atoms with van der Waals surface area (Å²) in [5, 5.41) is 0. The van der Waals surface area contributed by atoms with Gasteiger partial charge < -0.3 is 4.90 Å². The lowest BCUT2D eigenvalue weighted by atomic mass is 9.98. The van der Waals surface area contributed by atoms with Crippen LogP contribution in [0.5, 0.6) is 0 Å². The lowest BCUT2D eigenvalue weighted by Crippen LogP contribution is -2.45. The van der Waals surface area contributed by atoms with Crippen LogP contribution in [-0.2, 0) is 27.9 Å². The summed E-state index contributed by atoms with van der Waals surface area (Å²) in [4.78, 5) is 14.5. The second-order valence-electron chi connectivity index (χ2n) is 5.92. The van der Waals surface area contributed by atoms with Crippen LogP contribution in [-0.4, -0.2) is 42.9 Å². The molecular weight excluding hydrogens is 288 g/mol. The zero-order chi connectivity index (χ0) is 15.0. The molecule has 0 saturated carbocycles. The summed E-state index contributed by atoms with van der Waals surface area (Å²) < 4.78 is 24.7. The molecule has 6 heteroatoms. The molecule has 3 rings (SSSR count). The smallest absolute Gasteiger partial charge is 0.227 e. The summed E-state index contributed by atoms with van der Waals surface area (Å²) in [6, 6.07) is 8.07. The first-order valence-corrected chi connectivity index (χ1v) is 9.10. The largest absolute Gasteiger partial charge is 0.334 e. The molecule has 114 valence electrons. The van der Waals surface area contributed by atoms with E-state index in [4.69, 9.17) is 0 Å². The fourth-order valence-corrected chi connectivity index (χ4v) is 4.10. The standard InChI is InChI=1S/C15H20N2O3S/c1-21(19,20)17-8-4-7-14(11-17)15(18)16-9-12-5-2-3-6-13(12)10-16/h2-3,5-6,14H,4,7-11H2,1H3. The van der Waals surface area contributed by atoms with Crippen molar-refractivity contribution in [2.45, 2.75) is 25.9 Å². The Labute approximate surface area is 125 Å². The number of benzene rings is 1. The van der Waals surface area contributed by atoms with Crippen LogP contribution < -0.4 is 0 Å². The van der Waals surface area contributed by atoms with Crippen molar-refractivity contribution in [1.29, 1.82) is 0 Å². The van der Waals surface area contributed by atoms with E-state index in [0.717, 1.165) is 12.8 Å². The first-order chi connectivity index (χ1) is 9.95. The molecule has 0 spiro atoms. The first-order valence-electron chi connectivity index (χ1n) is 7.26. The Balaban J connectivity index is 1.69. The predicted octanol–water partition coefficient (Wildman–Crippen LogP) is 1.20. The number of carbonyl (C=O) groups is 1. The molecule has 0 aromatic heterocycles. The van der Waals surface area contributed by atoms with Gasteiger partial charge in [-0.05, 0) is 24.0 Å². The highest BCUT2D eigenvalue weighted by molar-refractivity contribution is 7.88. The van der Waals surface area contributed by atoms with Crippen molar-refractivity contribution < 1.29 is 13.2 Å². The SMILES string of the molecule is CS(=O)(=O)N1CCCC(C(=O)N2Cc3ccccc3C2)C1. The number of hydrogen-bond donors (Lipinski definition) is 0. The fraction of sp³-hybridized carbons (Fsp3) is 0.533. The number of amides is 1. The molecule has 1 unspecified atom stereocenters. The Kier molecular flexibility index (Phi) is 3.75. The van der Waals surface area contributed by atoms with Crippen molar-refractivity contribution in [2.24, 2.45) is 5.92 Å². The van der Waals surface area contributed by atoms with Gasteiger partial charge in [0.2, 0.25) is 15.9 Å². The maximum absolute atomic E-state index is 12.6. The Morgan fingerprint density at radius 2 is 1.81 bits per heavy atom. The van der Waals surface area contributed by atoms with Crippen LogP contribution >= 0.6 is 0 Å². The van der Waals surface area contributed by atoms with Gasteiger partial charge in [-0.2, -0.15) is 0 Å². The lowest BCUT2D eigenvalue weighted by molar-refractivity contribution is -0.137. The van der Waals surface area contributed by atoms with Crippen LogP contribution in [0.3, 0.4) is 0 Å². The van der Waals surface area contributed by atoms with Crippen molar-refractivity contribution >= 4 is 15.9 Å². The van der Waals surface area contributed by atoms with Crippen molar-refractivity contribution in [3.05, 3.63) is 35.4 Å². The van der Waals surface area contributed by atoms with Gasteiger partial charge in [0.15, 0.2) is 0 Å². The van der Waals surface area contributed by atoms with Crippen LogP contribution in [0.15, 0.2) is 24.3 Å². The molecule has 1 atom stereocenters. The number of fused-ring (bicyclic) bond motifs is 1. The zero-order valence-corrected chi connectivity index (χ0v) is 13.0. The van der Waals surface area contributed by atoms with Crippen molar-refractivity contribution in [2.75, 3.05) is 19.3 Å². The van der Waals surface area contributed by atoms with E-state index in [2.05, 4.69) is 0 Å². The minimum Gasteiger partial charge on any atom is -0.334 e. The van der Waals surface area contributed by atoms with Gasteiger partial charge in [0.1, 0.15) is 0 Å². The Morgan fingerprint density at radius 1 is 1.19 bits per heavy atom. The van der Waals surface area contributed by atoms with E-state index in [1.807, 2.05) is 29.2 Å². The van der Waals surface area contributed by atoms with Gasteiger partial charge in [-0.25, -0.2) is 12.7 Å². The number of nitrogens with zero attached hydrogens (tertiary/aromatic N) is 2. The molecule has 1 aromatic carbocycles. The van der Waals surface area contributed by atoms with Gasteiger partial charge in [-0.15, -0.1) is 0 Å². The van der Waals surface area contributed by atoms with Crippen molar-refractivity contribution in [3.63, 3.8) is 0 Å². The molecule has 1 aromatic rings. The molecule has 0 bridgehead atoms. The number of carbonyl (C=O) groups excluding carboxylic acids is 1. The van der Waals surface area contributed by atoms with Crippen LogP contribution in [0, 0.1) is 5.92 Å². The van der Waals surface area contributed by atoms with Crippen molar-refractivity contribution in [1.82, 2.24) is 9.21 Å². The Bertz CT molecular complexity index is 632. The summed E-state index contributed by atoms with van der Waals surface area (Å²) in [6.07, 6.45) is 2.74. The highest BCUT2D eigenvalue weighted by Gasteiger charge is 2.34. The van der Waals surface area contributed by atoms with E-state index >= 15 is 0 Å². The van der Waals surface area contributed by atoms with E-state index in [-0.39, 0.29) is 11.8 Å². The third-order valence-electron chi connectivity index (χ3n) is 4.35. The summed E-state index contributed by atoms with van der Waals surface area (Å²) in [5.41, 5.74) is 2.39. The van der Waals surface area contributed by atoms with Gasteiger partial charge in [-0.1, -0.05) is 24.3 Å². The molecule has 0 radical (unpaired) electrons. The highest BCUT2D eigenvalue weighted by atomic mass is 32.2. The quantitative estimate of drug-likeness (QED) is 0.825. The molecular formula is C15H20N2O3S. The molecule has 2 aliphatic rings. The molecule has 1 saturated heterocycles. The number of piperidine rings is 1. The maximum Gasteiger partial charge on any atom is 0.227 e. The van der Waals surface area contributed by atoms with Gasteiger partial charge in [0.05, 0.1) is 12.2 Å². The molecule has 1 amide bonds. The molecule has 21 heavy (non-hydrogen) atoms. The second-order valence-corrected chi connectivity index (χ2v) is 7.91. The normalized spacial score (nSPS) is 23.1. The highest BCUT2D eigenvalue weighted by Crippen LogP contribution is 2.27. The Morgan fingerprint density at radius 3 is 2.38 bits per heavy atom. The Hall–Kier alpha value is -1.40. The van der Waals surface area contributed by atoms with Crippen LogP contribution in [0.25, 0.3) is 0 Å². The van der Waals surface area contributed by atoms with E-state index in [0.29, 0.717) is 26.2 Å². The van der Waals surface area contributed by atoms with E-state index < -0.39 is 10.0 Å². The lowest BCUT2D eigenvalue weighted by Gasteiger charge is -2.32. The van der Waals surface area contributed by atoms with E-state index in [1.54, 1.807) is 0 Å². The van der Waals surface area contributed by atoms with Gasteiger partial charge in [0.25, 0.3) is 0 Å². The maximum atomic E-state index is 12.6. The van der Waals surface area contributed by atoms with Gasteiger partial charge in [0, 0.05) is 26.2 Å². The average Bonchev–Trinajstić information content (AvgIpc) is 2.89. The molecule has 2 heterocycles. The number of rotatable bonds is 2. The summed E-state index contributed by atoms with van der Waals surface area (Å²) >= 11 is 0. The first kappa shape index (κ1) is 14.5. The third-order valence-corrected chi connectivity index (χ3v) is 5.62. The van der Waals surface area contributed by atoms with E-state index in [1.165, 1.54) is 21.7 Å². The van der Waals surface area contributed by atoms with Crippen molar-refractivity contribution in [3.8, 4) is 0 Å². The minimum atomic E-state index is -3.21. The topological polar surface area (TPSA) is 57.7 Å². The molecule has 5 nitrogen and oxygen atoms in total. The summed E-state index contributed by atoms with van der Waals surface area (Å²) in [7, 11) is -3.21. The molecule has 0 aliphatic carbocycles. The number of sulfonamides is 1. The fourth-order valence-electron chi connectivity index (χ4n) is 3.19. The number of hydrogen-bond acceptors (Lipinski definition) is 3. The van der Waals surface area contributed by atoms with Crippen LogP contribution in [0.1, 0.15) is 24.0 Å². The third kappa shape index (κ3) is 2.96. The second kappa shape index (κ2) is 5.42. The molecule has 0 N–H and O–H groups in total. The average molecular weight is 308 g/mol. The zero-order valence-electron chi connectivity index (χ0n) is 12.2. The van der Waals surface area contributed by atoms with Gasteiger partial charge in [-0.3, -0.25) is 4.79 Å².